The fraction of sp³-hybridized carbons (Fsp3) is 0.464. The van der Waals surface area contributed by atoms with Crippen LogP contribution in [0.2, 0.25) is 0 Å². The van der Waals surface area contributed by atoms with Gasteiger partial charge in [0.05, 0.1) is 0 Å². The van der Waals surface area contributed by atoms with Crippen LogP contribution in [0.3, 0.4) is 0 Å². The van der Waals surface area contributed by atoms with Crippen molar-refractivity contribution in [1.82, 2.24) is 10.6 Å². The van der Waals surface area contributed by atoms with Crippen LogP contribution in [0, 0.1) is 5.92 Å². The molecule has 7 heteroatoms. The molecule has 2 aliphatic rings. The van der Waals surface area contributed by atoms with E-state index >= 15 is 0 Å². The number of carboxylic acid groups (broad SMARTS) is 1. The molecule has 2 amide bonds. The highest BCUT2D eigenvalue weighted by atomic mass is 16.5. The van der Waals surface area contributed by atoms with Crippen LogP contribution in [0.1, 0.15) is 68.4 Å². The third-order valence-corrected chi connectivity index (χ3v) is 6.83. The highest BCUT2D eigenvalue weighted by Gasteiger charge is 2.32. The Labute approximate surface area is 206 Å². The van der Waals surface area contributed by atoms with Crippen LogP contribution in [0.5, 0.6) is 0 Å². The summed E-state index contributed by atoms with van der Waals surface area (Å²) in [6.45, 7) is 0.730. The first kappa shape index (κ1) is 24.8. The molecule has 4 rings (SSSR count). The van der Waals surface area contributed by atoms with Gasteiger partial charge in [0, 0.05) is 18.9 Å². The monoisotopic (exact) mass is 478 g/mol. The number of amides is 2. The number of aliphatic carboxylic acids is 1. The van der Waals surface area contributed by atoms with Gasteiger partial charge in [0.2, 0.25) is 5.91 Å². The van der Waals surface area contributed by atoms with E-state index in [1.54, 1.807) is 0 Å². The van der Waals surface area contributed by atoms with Crippen LogP contribution >= 0.6 is 0 Å². The normalized spacial score (nSPS) is 15.1. The van der Waals surface area contributed by atoms with Gasteiger partial charge in [-0.25, -0.2) is 4.79 Å². The zero-order chi connectivity index (χ0) is 24.6. The third kappa shape index (κ3) is 6.84. The predicted molar refractivity (Wildman–Crippen MR) is 133 cm³/mol. The number of nitrogens with one attached hydrogen (secondary N) is 2. The van der Waals surface area contributed by atoms with Crippen LogP contribution in [0.15, 0.2) is 48.5 Å². The molecule has 0 radical (unpaired) electrons. The average Bonchev–Trinajstić information content (AvgIpc) is 3.62. The van der Waals surface area contributed by atoms with Crippen molar-refractivity contribution in [2.24, 2.45) is 5.92 Å². The summed E-state index contributed by atoms with van der Waals surface area (Å²) in [7, 11) is 0. The second kappa shape index (κ2) is 11.9. The first-order valence-corrected chi connectivity index (χ1v) is 12.6. The summed E-state index contributed by atoms with van der Waals surface area (Å²) in [6.07, 6.45) is 5.52. The number of rotatable bonds is 13. The van der Waals surface area contributed by atoms with E-state index in [-0.39, 0.29) is 24.9 Å². The van der Waals surface area contributed by atoms with Crippen molar-refractivity contribution in [2.45, 2.75) is 63.3 Å². The minimum Gasteiger partial charge on any atom is -0.481 e. The molecule has 7 nitrogen and oxygen atoms in total. The number of unbranched alkanes of at least 4 members (excludes halogenated alkanes) is 3. The van der Waals surface area contributed by atoms with E-state index in [0.717, 1.165) is 43.2 Å². The molecule has 0 saturated heterocycles. The molecule has 1 atom stereocenters. The van der Waals surface area contributed by atoms with Gasteiger partial charge in [0.1, 0.15) is 12.6 Å². The number of carbonyl (C=O) groups is 3. The molecule has 0 spiro atoms. The minimum absolute atomic E-state index is 0.0232. The van der Waals surface area contributed by atoms with Crippen molar-refractivity contribution in [2.75, 3.05) is 13.2 Å². The summed E-state index contributed by atoms with van der Waals surface area (Å²) in [5, 5.41) is 14.4. The lowest BCUT2D eigenvalue weighted by atomic mass is 9.98. The van der Waals surface area contributed by atoms with Crippen LogP contribution in [-0.4, -0.2) is 42.3 Å². The summed E-state index contributed by atoms with van der Waals surface area (Å²) in [5.74, 6) is -0.517. The molecule has 0 aromatic heterocycles. The van der Waals surface area contributed by atoms with Gasteiger partial charge >= 0.3 is 12.1 Å². The minimum atomic E-state index is -0.777. The number of hydrogen-bond donors (Lipinski definition) is 3. The Morgan fingerprint density at radius 1 is 0.914 bits per heavy atom. The largest absolute Gasteiger partial charge is 0.481 e. The third-order valence-electron chi connectivity index (χ3n) is 6.83. The number of carbonyl (C=O) groups excluding carboxylic acids is 2. The number of carboxylic acids is 1. The van der Waals surface area contributed by atoms with Crippen LogP contribution < -0.4 is 10.6 Å². The highest BCUT2D eigenvalue weighted by molar-refractivity contribution is 5.85. The van der Waals surface area contributed by atoms with E-state index in [1.807, 2.05) is 24.3 Å². The molecule has 186 valence electrons. The SMILES string of the molecule is O=C(O)CCCCCCNC(=O)[C@H](CC1CC1)NC(=O)OCC1c2ccccc2-c2ccccc21. The fourth-order valence-electron chi connectivity index (χ4n) is 4.79. The van der Waals surface area contributed by atoms with Crippen molar-refractivity contribution in [3.63, 3.8) is 0 Å². The quantitative estimate of drug-likeness (QED) is 0.357. The Morgan fingerprint density at radius 3 is 2.17 bits per heavy atom. The second-order valence-corrected chi connectivity index (χ2v) is 9.55. The van der Waals surface area contributed by atoms with E-state index in [1.165, 1.54) is 11.1 Å². The van der Waals surface area contributed by atoms with Gasteiger partial charge in [0.15, 0.2) is 0 Å². The molecule has 2 aliphatic carbocycles. The Kier molecular flexibility index (Phi) is 8.40. The molecule has 0 aliphatic heterocycles. The van der Waals surface area contributed by atoms with Crippen molar-refractivity contribution >= 4 is 18.0 Å². The maximum absolute atomic E-state index is 12.7. The first-order valence-electron chi connectivity index (χ1n) is 12.6. The van der Waals surface area contributed by atoms with Crippen LogP contribution in [-0.2, 0) is 14.3 Å². The molecule has 0 bridgehead atoms. The van der Waals surface area contributed by atoms with Gasteiger partial charge in [-0.3, -0.25) is 9.59 Å². The molecule has 0 unspecified atom stereocenters. The van der Waals surface area contributed by atoms with Crippen LogP contribution in [0.25, 0.3) is 11.1 Å². The van der Waals surface area contributed by atoms with E-state index in [4.69, 9.17) is 9.84 Å². The predicted octanol–water partition coefficient (Wildman–Crippen LogP) is 4.85. The van der Waals surface area contributed by atoms with Crippen molar-refractivity contribution in [3.05, 3.63) is 59.7 Å². The Hall–Kier alpha value is -3.35. The molecular weight excluding hydrogens is 444 g/mol. The molecule has 1 saturated carbocycles. The van der Waals surface area contributed by atoms with Crippen molar-refractivity contribution in [1.29, 1.82) is 0 Å². The van der Waals surface area contributed by atoms with Gasteiger partial charge in [-0.05, 0) is 47.4 Å². The maximum Gasteiger partial charge on any atom is 0.407 e. The van der Waals surface area contributed by atoms with E-state index < -0.39 is 18.1 Å². The average molecular weight is 479 g/mol. The van der Waals surface area contributed by atoms with Crippen LogP contribution in [0.4, 0.5) is 4.79 Å². The summed E-state index contributed by atoms with van der Waals surface area (Å²) in [4.78, 5) is 36.0. The molecule has 2 aromatic carbocycles. The molecule has 3 N–H and O–H groups in total. The first-order chi connectivity index (χ1) is 17.0. The van der Waals surface area contributed by atoms with Crippen molar-refractivity contribution in [3.8, 4) is 11.1 Å². The topological polar surface area (TPSA) is 105 Å². The van der Waals surface area contributed by atoms with Gasteiger partial charge in [-0.1, -0.05) is 74.2 Å². The molecular formula is C28H34N2O5. The Balaban J connectivity index is 1.26. The fourth-order valence-corrected chi connectivity index (χ4v) is 4.79. The smallest absolute Gasteiger partial charge is 0.407 e. The molecule has 2 aromatic rings. The van der Waals surface area contributed by atoms with Gasteiger partial charge < -0.3 is 20.5 Å². The summed E-state index contributed by atoms with van der Waals surface area (Å²) in [5.41, 5.74) is 4.64. The van der Waals surface area contributed by atoms with Gasteiger partial charge in [-0.2, -0.15) is 0 Å². The summed E-state index contributed by atoms with van der Waals surface area (Å²) >= 11 is 0. The second-order valence-electron chi connectivity index (χ2n) is 9.55. The zero-order valence-electron chi connectivity index (χ0n) is 20.0. The standard InChI is InChI=1S/C28H34N2O5/c31-26(32)13-3-1-2-8-16-29-27(33)25(17-19-14-15-19)30-28(34)35-18-24-22-11-6-4-9-20(22)21-10-5-7-12-23(21)24/h4-7,9-12,19,24-25H,1-3,8,13-18H2,(H,29,33)(H,30,34)(H,31,32)/t25-/m0/s1. The molecule has 35 heavy (non-hydrogen) atoms. The zero-order valence-corrected chi connectivity index (χ0v) is 20.0. The summed E-state index contributed by atoms with van der Waals surface area (Å²) in [6, 6.07) is 15.8. The van der Waals surface area contributed by atoms with Crippen molar-refractivity contribution < 1.29 is 24.2 Å². The lowest BCUT2D eigenvalue weighted by molar-refractivity contribution is -0.137. The highest BCUT2D eigenvalue weighted by Crippen LogP contribution is 2.44. The number of fused-ring (bicyclic) bond motifs is 3. The Morgan fingerprint density at radius 2 is 1.54 bits per heavy atom. The van der Waals surface area contributed by atoms with E-state index in [9.17, 15) is 14.4 Å². The number of ether oxygens (including phenoxy) is 1. The lowest BCUT2D eigenvalue weighted by Gasteiger charge is -2.20. The van der Waals surface area contributed by atoms with E-state index in [0.29, 0.717) is 25.3 Å². The summed E-state index contributed by atoms with van der Waals surface area (Å²) < 4.78 is 5.63. The maximum atomic E-state index is 12.7. The van der Waals surface area contributed by atoms with E-state index in [2.05, 4.69) is 34.9 Å². The lowest BCUT2D eigenvalue weighted by Crippen LogP contribution is -2.47. The Bertz CT molecular complexity index is 1000. The number of hydrogen-bond acceptors (Lipinski definition) is 4. The van der Waals surface area contributed by atoms with Gasteiger partial charge in [0.25, 0.3) is 0 Å². The molecule has 1 fully saturated rings. The molecule has 0 heterocycles. The van der Waals surface area contributed by atoms with Gasteiger partial charge in [-0.15, -0.1) is 0 Å². The number of alkyl carbamates (subject to hydrolysis) is 1. The number of benzene rings is 2.